The van der Waals surface area contributed by atoms with Crippen molar-refractivity contribution in [2.75, 3.05) is 13.7 Å². The van der Waals surface area contributed by atoms with Crippen LogP contribution in [-0.4, -0.2) is 68.4 Å². The van der Waals surface area contributed by atoms with Gasteiger partial charge >= 0.3 is 5.97 Å². The van der Waals surface area contributed by atoms with Gasteiger partial charge in [-0.15, -0.1) is 0 Å². The Labute approximate surface area is 241 Å². The van der Waals surface area contributed by atoms with E-state index in [0.29, 0.717) is 23.8 Å². The van der Waals surface area contributed by atoms with E-state index in [-0.39, 0.29) is 23.8 Å². The van der Waals surface area contributed by atoms with Gasteiger partial charge in [0.2, 0.25) is 0 Å². The number of benzene rings is 1. The summed E-state index contributed by atoms with van der Waals surface area (Å²) in [6, 6.07) is 9.68. The Morgan fingerprint density at radius 3 is 2.39 bits per heavy atom. The first-order chi connectivity index (χ1) is 20.0. The first-order valence-electron chi connectivity index (χ1n) is 15.7. The van der Waals surface area contributed by atoms with Gasteiger partial charge in [-0.25, -0.2) is 4.98 Å². The number of aliphatic hydroxyl groups is 1. The lowest BCUT2D eigenvalue weighted by molar-refractivity contribution is -0.142. The molecule has 0 amide bonds. The number of rotatable bonds is 5. The molecule has 4 bridgehead atoms. The van der Waals surface area contributed by atoms with Crippen LogP contribution in [-0.2, 0) is 9.53 Å². The summed E-state index contributed by atoms with van der Waals surface area (Å²) in [5.74, 6) is 1.32. The van der Waals surface area contributed by atoms with E-state index in [1.807, 2.05) is 28.8 Å². The lowest BCUT2D eigenvalue weighted by Gasteiger charge is -2.55. The number of piperidine rings is 2. The molecule has 5 aliphatic rings. The average molecular weight is 559 g/mol. The summed E-state index contributed by atoms with van der Waals surface area (Å²) < 4.78 is 6.88. The Morgan fingerprint density at radius 1 is 0.951 bits per heavy atom. The normalized spacial score (nSPS) is 33.5. The van der Waals surface area contributed by atoms with Crippen molar-refractivity contribution >= 4 is 22.7 Å². The molecule has 0 spiro atoms. The van der Waals surface area contributed by atoms with Crippen molar-refractivity contribution in [1.82, 2.24) is 19.4 Å². The molecular formula is C33H42N4O4. The van der Waals surface area contributed by atoms with E-state index < -0.39 is 12.2 Å². The van der Waals surface area contributed by atoms with E-state index in [4.69, 9.17) is 9.72 Å². The summed E-state index contributed by atoms with van der Waals surface area (Å²) in [5, 5.41) is 10.7. The number of allylic oxidation sites excluding steroid dienone is 2. The van der Waals surface area contributed by atoms with Crippen LogP contribution in [0.3, 0.4) is 0 Å². The number of carbonyl (C=O) groups excluding carboxylic acids is 1. The molecule has 41 heavy (non-hydrogen) atoms. The van der Waals surface area contributed by atoms with Crippen molar-refractivity contribution in [3.05, 3.63) is 58.5 Å². The van der Waals surface area contributed by atoms with E-state index in [2.05, 4.69) is 4.90 Å². The van der Waals surface area contributed by atoms with Gasteiger partial charge in [-0.2, -0.15) is 0 Å². The van der Waals surface area contributed by atoms with Gasteiger partial charge < -0.3 is 19.3 Å². The van der Waals surface area contributed by atoms with Crippen molar-refractivity contribution in [3.8, 4) is 0 Å². The molecule has 7 rings (SSSR count). The number of aliphatic hydroxyl groups excluding tert-OH is 1. The van der Waals surface area contributed by atoms with E-state index in [1.165, 1.54) is 69.8 Å². The Morgan fingerprint density at radius 2 is 1.66 bits per heavy atom. The minimum absolute atomic E-state index is 0.0857. The number of hydrogen-bond donors (Lipinski definition) is 1. The quantitative estimate of drug-likeness (QED) is 0.536. The van der Waals surface area contributed by atoms with Crippen molar-refractivity contribution in [3.63, 3.8) is 0 Å². The van der Waals surface area contributed by atoms with Crippen molar-refractivity contribution in [2.24, 2.45) is 11.8 Å². The molecular weight excluding hydrogens is 516 g/mol. The van der Waals surface area contributed by atoms with Gasteiger partial charge in [0.25, 0.3) is 5.56 Å². The average Bonchev–Trinajstić information content (AvgIpc) is 2.97. The zero-order chi connectivity index (χ0) is 28.1. The molecule has 8 heteroatoms. The molecule has 8 nitrogen and oxygen atoms in total. The first kappa shape index (κ1) is 26.9. The molecule has 3 aliphatic heterocycles. The van der Waals surface area contributed by atoms with Crippen LogP contribution in [0.1, 0.15) is 82.4 Å². The molecule has 0 radical (unpaired) electrons. The largest absolute Gasteiger partial charge is 0.468 e. The second kappa shape index (κ2) is 11.0. The number of esters is 1. The maximum atomic E-state index is 14.4. The van der Waals surface area contributed by atoms with Crippen LogP contribution >= 0.6 is 0 Å². The minimum Gasteiger partial charge on any atom is -0.468 e. The number of fused-ring (bicyclic) bond motifs is 5. The molecule has 1 unspecified atom stereocenters. The topological polar surface area (TPSA) is 87.9 Å². The molecule has 1 aromatic heterocycles. The van der Waals surface area contributed by atoms with Crippen LogP contribution in [0.25, 0.3) is 16.7 Å². The number of para-hydroxylation sites is 2. The van der Waals surface area contributed by atoms with Crippen molar-refractivity contribution in [1.29, 1.82) is 0 Å². The van der Waals surface area contributed by atoms with Crippen LogP contribution in [0.15, 0.2) is 47.3 Å². The fourth-order valence-electron chi connectivity index (χ4n) is 9.00. The van der Waals surface area contributed by atoms with Gasteiger partial charge in [0.15, 0.2) is 5.69 Å². The molecule has 218 valence electrons. The number of ether oxygens (including phenoxy) is 1. The highest BCUT2D eigenvalue weighted by atomic mass is 16.5. The molecule has 2 saturated carbocycles. The fourth-order valence-corrected chi connectivity index (χ4v) is 9.00. The van der Waals surface area contributed by atoms with E-state index in [1.54, 1.807) is 18.2 Å². The Hall–Kier alpha value is -2.97. The van der Waals surface area contributed by atoms with Crippen molar-refractivity contribution < 1.29 is 14.6 Å². The molecule has 4 heterocycles. The monoisotopic (exact) mass is 558 g/mol. The number of hydrogen-bond acceptors (Lipinski definition) is 7. The Bertz CT molecular complexity index is 1410. The van der Waals surface area contributed by atoms with Gasteiger partial charge in [-0.3, -0.25) is 14.5 Å². The summed E-state index contributed by atoms with van der Waals surface area (Å²) >= 11 is 0. The fraction of sp³-hybridized carbons (Fsp3) is 0.606. The van der Waals surface area contributed by atoms with Gasteiger partial charge in [0.1, 0.15) is 12.8 Å². The van der Waals surface area contributed by atoms with Crippen LogP contribution in [0.4, 0.5) is 0 Å². The van der Waals surface area contributed by atoms with Crippen LogP contribution in [0.2, 0.25) is 0 Å². The molecule has 2 aliphatic carbocycles. The molecule has 2 saturated heterocycles. The molecule has 1 N–H and O–H groups in total. The van der Waals surface area contributed by atoms with Crippen LogP contribution < -0.4 is 5.56 Å². The van der Waals surface area contributed by atoms with Crippen LogP contribution in [0.5, 0.6) is 0 Å². The molecule has 1 aromatic carbocycles. The number of carbonyl (C=O) groups is 1. The molecule has 4 fully saturated rings. The van der Waals surface area contributed by atoms with Gasteiger partial charge in [0, 0.05) is 24.2 Å². The third-order valence-electron chi connectivity index (χ3n) is 10.6. The first-order valence-corrected chi connectivity index (χ1v) is 15.7. The smallest absolute Gasteiger partial charge is 0.325 e. The predicted octanol–water partition coefficient (Wildman–Crippen LogP) is 4.63. The maximum Gasteiger partial charge on any atom is 0.325 e. The van der Waals surface area contributed by atoms with Gasteiger partial charge in [0.05, 0.1) is 23.8 Å². The Kier molecular flexibility index (Phi) is 7.23. The van der Waals surface area contributed by atoms with Crippen molar-refractivity contribution in [2.45, 2.75) is 101 Å². The number of aromatic nitrogens is 2. The zero-order valence-electron chi connectivity index (χ0n) is 24.0. The highest BCUT2D eigenvalue weighted by molar-refractivity contribution is 5.79. The third-order valence-corrected chi connectivity index (χ3v) is 10.6. The van der Waals surface area contributed by atoms with Crippen LogP contribution in [0, 0.1) is 11.8 Å². The number of methoxy groups -OCH3 is 1. The van der Waals surface area contributed by atoms with Gasteiger partial charge in [-0.05, 0) is 81.1 Å². The predicted molar refractivity (Wildman–Crippen MR) is 158 cm³/mol. The highest BCUT2D eigenvalue weighted by Gasteiger charge is 2.45. The summed E-state index contributed by atoms with van der Waals surface area (Å²) in [4.78, 5) is 35.9. The minimum atomic E-state index is -1.05. The second-order valence-electron chi connectivity index (χ2n) is 13.0. The summed E-state index contributed by atoms with van der Waals surface area (Å²) in [5.41, 5.74) is 2.16. The van der Waals surface area contributed by atoms with Gasteiger partial charge in [-0.1, -0.05) is 43.9 Å². The standard InChI is InChI=1S/C33H42N4O4/c1-41-31(39)20-35-29(13-6-14-30(35)38)32-33(40)37(28-12-3-2-11-27(28)34-32)26-18-23-9-5-10-24(19-26)36(23)25-16-21-7-4-8-22(15-21)17-25/h2-3,6,11-14,21-26,30,38H,4-5,7-10,15-20H2,1H3/t21-,22+,23-,24+,25+,26+,30?. The summed E-state index contributed by atoms with van der Waals surface area (Å²) in [7, 11) is 1.32. The Balaban J connectivity index is 1.25. The summed E-state index contributed by atoms with van der Waals surface area (Å²) in [6.07, 6.45) is 18.0. The van der Waals surface area contributed by atoms with E-state index in [0.717, 1.165) is 35.7 Å². The lowest BCUT2D eigenvalue weighted by atomic mass is 9.68. The number of nitrogens with zero attached hydrogens (tertiary/aromatic N) is 4. The summed E-state index contributed by atoms with van der Waals surface area (Å²) in [6.45, 7) is -0.173. The zero-order valence-corrected chi connectivity index (χ0v) is 24.0. The maximum absolute atomic E-state index is 14.4. The molecule has 2 aromatic rings. The van der Waals surface area contributed by atoms with E-state index >= 15 is 0 Å². The molecule has 7 atom stereocenters. The highest BCUT2D eigenvalue weighted by Crippen LogP contribution is 2.47. The second-order valence-corrected chi connectivity index (χ2v) is 13.0. The third kappa shape index (κ3) is 4.93. The SMILES string of the molecule is COC(=O)CN1C(c2nc3ccccc3n([C@H]3C[C@H]4CCC[C@@H](C3)N4[C@H]3C[C@@H]4CCC[C@@H](C4)C3)c2=O)=CC=CC1O. The van der Waals surface area contributed by atoms with E-state index in [9.17, 15) is 14.7 Å². The lowest BCUT2D eigenvalue weighted by Crippen LogP contribution is -2.58.